The maximum atomic E-state index is 13.1. The van der Waals surface area contributed by atoms with Crippen LogP contribution in [0.25, 0.3) is 0 Å². The molecule has 1 N–H and O–H groups in total. The van der Waals surface area contributed by atoms with Crippen LogP contribution in [-0.2, 0) is 23.0 Å². The monoisotopic (exact) mass is 434 g/mol. The number of sulfonamides is 1. The minimum absolute atomic E-state index is 0.0917. The Hall–Kier alpha value is -3.29. The van der Waals surface area contributed by atoms with Gasteiger partial charge in [0.1, 0.15) is 0 Å². The third-order valence-electron chi connectivity index (χ3n) is 5.38. The second kappa shape index (κ2) is 8.45. The van der Waals surface area contributed by atoms with Crippen molar-refractivity contribution in [2.24, 2.45) is 0 Å². The van der Waals surface area contributed by atoms with Crippen molar-refractivity contribution in [3.8, 4) is 0 Å². The van der Waals surface area contributed by atoms with E-state index in [1.165, 1.54) is 41.1 Å². The molecule has 0 aliphatic carbocycles. The number of Topliss-reactive ketones (excluding diaryl/α,β-unsaturated/α-hetero) is 1. The van der Waals surface area contributed by atoms with Crippen molar-refractivity contribution in [2.75, 3.05) is 11.9 Å². The molecule has 0 saturated heterocycles. The molecule has 1 aliphatic heterocycles. The van der Waals surface area contributed by atoms with Crippen LogP contribution in [0.5, 0.6) is 0 Å². The Morgan fingerprint density at radius 1 is 0.871 bits per heavy atom. The Bertz CT molecular complexity index is 1250. The third-order valence-corrected chi connectivity index (χ3v) is 7.24. The smallest absolute Gasteiger partial charge is 0.255 e. The molecule has 158 valence electrons. The summed E-state index contributed by atoms with van der Waals surface area (Å²) < 4.78 is 27.6. The molecule has 4 rings (SSSR count). The Kier molecular flexibility index (Phi) is 5.71. The molecule has 1 amide bonds. The van der Waals surface area contributed by atoms with Crippen molar-refractivity contribution in [3.63, 3.8) is 0 Å². The van der Waals surface area contributed by atoms with Gasteiger partial charge in [-0.3, -0.25) is 9.59 Å². The Morgan fingerprint density at radius 3 is 2.29 bits per heavy atom. The molecule has 0 bridgehead atoms. The molecule has 6 nitrogen and oxygen atoms in total. The zero-order valence-corrected chi connectivity index (χ0v) is 17.9. The van der Waals surface area contributed by atoms with Crippen LogP contribution in [0.2, 0.25) is 0 Å². The SMILES string of the molecule is CC(=O)c1cccc(NC(=O)c2ccc(S(=O)(=O)N3CCc4ccccc4C3)cc2)c1. The van der Waals surface area contributed by atoms with Gasteiger partial charge in [0, 0.05) is 29.9 Å². The summed E-state index contributed by atoms with van der Waals surface area (Å²) in [6, 6.07) is 20.4. The van der Waals surface area contributed by atoms with Crippen molar-refractivity contribution in [3.05, 3.63) is 95.1 Å². The average Bonchev–Trinajstić information content (AvgIpc) is 2.79. The molecule has 0 saturated carbocycles. The van der Waals surface area contributed by atoms with Gasteiger partial charge < -0.3 is 5.32 Å². The van der Waals surface area contributed by atoms with E-state index in [0.717, 1.165) is 5.56 Å². The molecule has 0 fully saturated rings. The molecule has 0 radical (unpaired) electrons. The summed E-state index contributed by atoms with van der Waals surface area (Å²) in [7, 11) is -3.66. The number of benzene rings is 3. The van der Waals surface area contributed by atoms with E-state index in [1.54, 1.807) is 24.3 Å². The van der Waals surface area contributed by atoms with E-state index in [1.807, 2.05) is 24.3 Å². The van der Waals surface area contributed by atoms with Crippen LogP contribution in [-0.4, -0.2) is 31.0 Å². The number of fused-ring (bicyclic) bond motifs is 1. The van der Waals surface area contributed by atoms with Crippen LogP contribution in [0.15, 0.2) is 77.7 Å². The van der Waals surface area contributed by atoms with Crippen molar-refractivity contribution in [1.29, 1.82) is 0 Å². The highest BCUT2D eigenvalue weighted by Crippen LogP contribution is 2.25. The number of amides is 1. The minimum atomic E-state index is -3.66. The Labute approximate surface area is 181 Å². The van der Waals surface area contributed by atoms with Crippen LogP contribution >= 0.6 is 0 Å². The van der Waals surface area contributed by atoms with Gasteiger partial charge in [0.05, 0.1) is 4.90 Å². The first kappa shape index (κ1) is 21.0. The summed E-state index contributed by atoms with van der Waals surface area (Å²) in [5.74, 6) is -0.470. The molecule has 0 spiro atoms. The molecule has 31 heavy (non-hydrogen) atoms. The van der Waals surface area contributed by atoms with Crippen molar-refractivity contribution in [2.45, 2.75) is 24.8 Å². The lowest BCUT2D eigenvalue weighted by Crippen LogP contribution is -2.35. The van der Waals surface area contributed by atoms with Crippen LogP contribution in [0.3, 0.4) is 0 Å². The summed E-state index contributed by atoms with van der Waals surface area (Å²) in [6.45, 7) is 2.22. The predicted molar refractivity (Wildman–Crippen MR) is 119 cm³/mol. The van der Waals surface area contributed by atoms with Crippen molar-refractivity contribution >= 4 is 27.4 Å². The first-order valence-corrected chi connectivity index (χ1v) is 11.4. The average molecular weight is 435 g/mol. The van der Waals surface area contributed by atoms with E-state index in [0.29, 0.717) is 36.3 Å². The van der Waals surface area contributed by atoms with Crippen LogP contribution in [0.4, 0.5) is 5.69 Å². The fourth-order valence-corrected chi connectivity index (χ4v) is 5.04. The fourth-order valence-electron chi connectivity index (χ4n) is 3.62. The van der Waals surface area contributed by atoms with Gasteiger partial charge in [0.2, 0.25) is 10.0 Å². The molecule has 3 aromatic rings. The maximum absolute atomic E-state index is 13.1. The van der Waals surface area contributed by atoms with Crippen molar-refractivity contribution < 1.29 is 18.0 Å². The molecule has 1 heterocycles. The second-order valence-electron chi connectivity index (χ2n) is 7.47. The van der Waals surface area contributed by atoms with Crippen LogP contribution < -0.4 is 5.32 Å². The molecule has 3 aromatic carbocycles. The zero-order chi connectivity index (χ0) is 22.0. The largest absolute Gasteiger partial charge is 0.322 e. The van der Waals surface area contributed by atoms with Crippen molar-refractivity contribution in [1.82, 2.24) is 4.31 Å². The lowest BCUT2D eigenvalue weighted by molar-refractivity contribution is 0.101. The zero-order valence-electron chi connectivity index (χ0n) is 17.0. The number of anilines is 1. The summed E-state index contributed by atoms with van der Waals surface area (Å²) in [6.07, 6.45) is 0.676. The first-order valence-electron chi connectivity index (χ1n) is 9.94. The predicted octanol–water partition coefficient (Wildman–Crippen LogP) is 3.89. The van der Waals surface area contributed by atoms with E-state index in [2.05, 4.69) is 5.32 Å². The van der Waals surface area contributed by atoms with Gasteiger partial charge in [-0.05, 0) is 60.9 Å². The Balaban J connectivity index is 1.49. The van der Waals surface area contributed by atoms with E-state index in [-0.39, 0.29) is 16.6 Å². The normalized spacial score (nSPS) is 14.0. The molecule has 7 heteroatoms. The van der Waals surface area contributed by atoms with Gasteiger partial charge in [0.25, 0.3) is 5.91 Å². The number of rotatable bonds is 5. The molecule has 0 aromatic heterocycles. The fraction of sp³-hybridized carbons (Fsp3) is 0.167. The van der Waals surface area contributed by atoms with Gasteiger partial charge in [-0.2, -0.15) is 4.31 Å². The van der Waals surface area contributed by atoms with E-state index in [4.69, 9.17) is 0 Å². The summed E-state index contributed by atoms with van der Waals surface area (Å²) in [4.78, 5) is 24.2. The van der Waals surface area contributed by atoms with E-state index >= 15 is 0 Å². The second-order valence-corrected chi connectivity index (χ2v) is 9.41. The molecule has 0 unspecified atom stereocenters. The molecule has 0 atom stereocenters. The van der Waals surface area contributed by atoms with Gasteiger partial charge in [-0.1, -0.05) is 36.4 Å². The number of hydrogen-bond acceptors (Lipinski definition) is 4. The summed E-state index contributed by atoms with van der Waals surface area (Å²) in [5, 5.41) is 2.74. The first-order chi connectivity index (χ1) is 14.8. The van der Waals surface area contributed by atoms with Gasteiger partial charge >= 0.3 is 0 Å². The quantitative estimate of drug-likeness (QED) is 0.618. The highest BCUT2D eigenvalue weighted by molar-refractivity contribution is 7.89. The number of hydrogen-bond donors (Lipinski definition) is 1. The van der Waals surface area contributed by atoms with E-state index in [9.17, 15) is 18.0 Å². The molecular weight excluding hydrogens is 412 g/mol. The number of nitrogens with one attached hydrogen (secondary N) is 1. The highest BCUT2D eigenvalue weighted by Gasteiger charge is 2.28. The topological polar surface area (TPSA) is 83.5 Å². The maximum Gasteiger partial charge on any atom is 0.255 e. The van der Waals surface area contributed by atoms with Crippen LogP contribution in [0.1, 0.15) is 38.8 Å². The summed E-state index contributed by atoms with van der Waals surface area (Å²) >= 11 is 0. The third kappa shape index (κ3) is 4.42. The van der Waals surface area contributed by atoms with E-state index < -0.39 is 10.0 Å². The number of nitrogens with zero attached hydrogens (tertiary/aromatic N) is 1. The number of carbonyl (C=O) groups excluding carboxylic acids is 2. The van der Waals surface area contributed by atoms with Crippen LogP contribution in [0, 0.1) is 0 Å². The van der Waals surface area contributed by atoms with Gasteiger partial charge in [-0.25, -0.2) is 8.42 Å². The highest BCUT2D eigenvalue weighted by atomic mass is 32.2. The minimum Gasteiger partial charge on any atom is -0.322 e. The lowest BCUT2D eigenvalue weighted by atomic mass is 10.0. The molecule has 1 aliphatic rings. The summed E-state index contributed by atoms with van der Waals surface area (Å²) in [5.41, 5.74) is 3.52. The standard InChI is InChI=1S/C24H22N2O4S/c1-17(27)20-7-4-8-22(15-20)25-24(28)19-9-11-23(12-10-19)31(29,30)26-14-13-18-5-2-3-6-21(18)16-26/h2-12,15H,13-14,16H2,1H3,(H,25,28). The molecular formula is C24H22N2O4S. The number of carbonyl (C=O) groups is 2. The Morgan fingerprint density at radius 2 is 1.58 bits per heavy atom. The lowest BCUT2D eigenvalue weighted by Gasteiger charge is -2.28. The van der Waals surface area contributed by atoms with Gasteiger partial charge in [-0.15, -0.1) is 0 Å². The van der Waals surface area contributed by atoms with Gasteiger partial charge in [0.15, 0.2) is 5.78 Å². The number of ketones is 1.